The summed E-state index contributed by atoms with van der Waals surface area (Å²) in [7, 11) is 0. The molecule has 3 aromatic rings. The van der Waals surface area contributed by atoms with Crippen molar-refractivity contribution in [3.8, 4) is 11.3 Å². The largest absolute Gasteiger partial charge is 0.368 e. The molecule has 7 heteroatoms. The van der Waals surface area contributed by atoms with Gasteiger partial charge in [-0.1, -0.05) is 6.07 Å². The van der Waals surface area contributed by atoms with E-state index in [1.54, 1.807) is 12.3 Å². The molecule has 5 nitrogen and oxygen atoms in total. The average Bonchev–Trinajstić information content (AvgIpc) is 3.41. The second-order valence-corrected chi connectivity index (χ2v) is 7.57. The minimum atomic E-state index is -0.640. The fourth-order valence-corrected chi connectivity index (χ4v) is 4.36. The highest BCUT2D eigenvalue weighted by molar-refractivity contribution is 5.62. The van der Waals surface area contributed by atoms with Gasteiger partial charge in [0.05, 0.1) is 28.1 Å². The van der Waals surface area contributed by atoms with E-state index >= 15 is 0 Å². The molecule has 2 heterocycles. The highest BCUT2D eigenvalue weighted by Crippen LogP contribution is 2.60. The van der Waals surface area contributed by atoms with Crippen LogP contribution in [0.4, 0.5) is 14.7 Å². The average molecular weight is 365 g/mol. The van der Waals surface area contributed by atoms with E-state index in [0.717, 1.165) is 29.8 Å². The fourth-order valence-electron chi connectivity index (χ4n) is 4.36. The predicted molar refractivity (Wildman–Crippen MR) is 95.7 cm³/mol. The van der Waals surface area contributed by atoms with E-state index in [1.165, 1.54) is 18.2 Å². The van der Waals surface area contributed by atoms with Crippen LogP contribution in [-0.2, 0) is 5.41 Å². The molecule has 5 rings (SSSR count). The van der Waals surface area contributed by atoms with Gasteiger partial charge in [-0.3, -0.25) is 0 Å². The lowest BCUT2D eigenvalue weighted by molar-refractivity contribution is 0.424. The molecular formula is C20H17F2N5. The first kappa shape index (κ1) is 16.2. The Balaban J connectivity index is 1.68. The first-order chi connectivity index (χ1) is 13.0. The van der Waals surface area contributed by atoms with Crippen molar-refractivity contribution in [1.29, 1.82) is 0 Å². The van der Waals surface area contributed by atoms with Gasteiger partial charge >= 0.3 is 0 Å². The SMILES string of the molecule is C[C@]1(c2ccnc(N)n2)CC2C[C@H]2c2cc(-c3c(F)cccc3F)nnc21. The third-order valence-corrected chi connectivity index (χ3v) is 5.80. The molecule has 27 heavy (non-hydrogen) atoms. The molecule has 1 saturated carbocycles. The van der Waals surface area contributed by atoms with Crippen LogP contribution in [0, 0.1) is 17.6 Å². The van der Waals surface area contributed by atoms with Gasteiger partial charge in [-0.15, -0.1) is 5.10 Å². The highest BCUT2D eigenvalue weighted by Gasteiger charge is 2.53. The molecule has 2 aliphatic carbocycles. The second-order valence-electron chi connectivity index (χ2n) is 7.57. The topological polar surface area (TPSA) is 77.6 Å². The molecule has 0 spiro atoms. The summed E-state index contributed by atoms with van der Waals surface area (Å²) in [5, 5.41) is 8.61. The van der Waals surface area contributed by atoms with Crippen LogP contribution in [0.15, 0.2) is 36.5 Å². The molecule has 0 radical (unpaired) electrons. The van der Waals surface area contributed by atoms with Crippen LogP contribution in [0.1, 0.15) is 42.6 Å². The van der Waals surface area contributed by atoms with Crippen LogP contribution in [0.5, 0.6) is 0 Å². The van der Waals surface area contributed by atoms with E-state index in [9.17, 15) is 8.78 Å². The molecule has 2 aliphatic rings. The van der Waals surface area contributed by atoms with Gasteiger partial charge in [0.1, 0.15) is 11.6 Å². The van der Waals surface area contributed by atoms with E-state index in [2.05, 4.69) is 27.1 Å². The van der Waals surface area contributed by atoms with Crippen molar-refractivity contribution in [2.75, 3.05) is 5.73 Å². The number of halogens is 2. The summed E-state index contributed by atoms with van der Waals surface area (Å²) in [4.78, 5) is 8.38. The number of rotatable bonds is 2. The molecule has 0 bridgehead atoms. The zero-order valence-electron chi connectivity index (χ0n) is 14.7. The second kappa shape index (κ2) is 5.52. The van der Waals surface area contributed by atoms with Crippen LogP contribution >= 0.6 is 0 Å². The molecule has 1 aromatic carbocycles. The molecule has 0 aliphatic heterocycles. The molecule has 2 N–H and O–H groups in total. The summed E-state index contributed by atoms with van der Waals surface area (Å²) < 4.78 is 28.4. The first-order valence-electron chi connectivity index (χ1n) is 8.89. The van der Waals surface area contributed by atoms with E-state index in [-0.39, 0.29) is 17.2 Å². The minimum absolute atomic E-state index is 0.136. The normalized spacial score (nSPS) is 25.6. The number of anilines is 1. The lowest BCUT2D eigenvalue weighted by atomic mass is 9.72. The lowest BCUT2D eigenvalue weighted by Gasteiger charge is -2.33. The van der Waals surface area contributed by atoms with Gasteiger partial charge in [0.15, 0.2) is 0 Å². The zero-order valence-corrected chi connectivity index (χ0v) is 14.7. The van der Waals surface area contributed by atoms with Crippen LogP contribution < -0.4 is 5.73 Å². The maximum Gasteiger partial charge on any atom is 0.220 e. The van der Waals surface area contributed by atoms with Crippen molar-refractivity contribution in [2.45, 2.75) is 31.1 Å². The van der Waals surface area contributed by atoms with Crippen molar-refractivity contribution in [3.63, 3.8) is 0 Å². The van der Waals surface area contributed by atoms with E-state index < -0.39 is 17.0 Å². The monoisotopic (exact) mass is 365 g/mol. The zero-order chi connectivity index (χ0) is 18.8. The Morgan fingerprint density at radius 1 is 1.15 bits per heavy atom. The molecule has 2 aromatic heterocycles. The van der Waals surface area contributed by atoms with Crippen molar-refractivity contribution in [1.82, 2.24) is 20.2 Å². The number of nitrogens with zero attached hydrogens (tertiary/aromatic N) is 4. The maximum absolute atomic E-state index is 14.2. The summed E-state index contributed by atoms with van der Waals surface area (Å²) in [5.74, 6) is -0.207. The maximum atomic E-state index is 14.2. The number of nitrogens with two attached hydrogens (primary N) is 1. The lowest BCUT2D eigenvalue weighted by Crippen LogP contribution is -2.32. The Hall–Kier alpha value is -2.96. The Kier molecular flexibility index (Phi) is 3.32. The van der Waals surface area contributed by atoms with Crippen LogP contribution in [0.25, 0.3) is 11.3 Å². The third-order valence-electron chi connectivity index (χ3n) is 5.80. The number of hydrogen-bond donors (Lipinski definition) is 1. The van der Waals surface area contributed by atoms with Crippen LogP contribution in [0.2, 0.25) is 0 Å². The van der Waals surface area contributed by atoms with E-state index in [1.807, 2.05) is 6.07 Å². The Bertz CT molecular complexity index is 1050. The molecule has 1 unspecified atom stereocenters. The Morgan fingerprint density at radius 2 is 1.93 bits per heavy atom. The van der Waals surface area contributed by atoms with Crippen molar-refractivity contribution in [2.24, 2.45) is 5.92 Å². The summed E-state index contributed by atoms with van der Waals surface area (Å²) in [6.45, 7) is 2.07. The number of aromatic nitrogens is 4. The molecule has 3 atom stereocenters. The summed E-state index contributed by atoms with van der Waals surface area (Å²) >= 11 is 0. The molecule has 0 saturated heterocycles. The quantitative estimate of drug-likeness (QED) is 0.751. The molecule has 0 amide bonds. The Morgan fingerprint density at radius 3 is 2.67 bits per heavy atom. The van der Waals surface area contributed by atoms with Crippen molar-refractivity contribution >= 4 is 5.95 Å². The minimum Gasteiger partial charge on any atom is -0.368 e. The van der Waals surface area contributed by atoms with Crippen LogP contribution in [0.3, 0.4) is 0 Å². The van der Waals surface area contributed by atoms with Gasteiger partial charge in [-0.05, 0) is 61.4 Å². The number of benzene rings is 1. The smallest absolute Gasteiger partial charge is 0.220 e. The van der Waals surface area contributed by atoms with Crippen molar-refractivity contribution < 1.29 is 8.78 Å². The summed E-state index contributed by atoms with van der Waals surface area (Å²) in [6, 6.07) is 7.43. The van der Waals surface area contributed by atoms with Gasteiger partial charge < -0.3 is 5.73 Å². The molecular weight excluding hydrogens is 348 g/mol. The van der Waals surface area contributed by atoms with E-state index in [0.29, 0.717) is 11.8 Å². The van der Waals surface area contributed by atoms with Gasteiger partial charge in [-0.2, -0.15) is 5.10 Å². The standard InChI is InChI=1S/C20H17F2N5/c1-20(16-5-6-24-19(23)25-16)9-10-7-11(10)12-8-15(26-27-18(12)20)17-13(21)3-2-4-14(17)22/h2-6,8,10-11H,7,9H2,1H3,(H2,23,24,25)/t10?,11-,20-/m1/s1. The van der Waals surface area contributed by atoms with Gasteiger partial charge in [-0.25, -0.2) is 18.7 Å². The number of nitrogen functional groups attached to an aromatic ring is 1. The number of fused-ring (bicyclic) bond motifs is 3. The molecule has 1 fully saturated rings. The fraction of sp³-hybridized carbons (Fsp3) is 0.300. The number of hydrogen-bond acceptors (Lipinski definition) is 5. The van der Waals surface area contributed by atoms with Crippen molar-refractivity contribution in [3.05, 3.63) is 65.1 Å². The highest BCUT2D eigenvalue weighted by atomic mass is 19.1. The van der Waals surface area contributed by atoms with E-state index in [4.69, 9.17) is 5.73 Å². The Labute approximate surface area is 154 Å². The van der Waals surface area contributed by atoms with Gasteiger partial charge in [0.25, 0.3) is 0 Å². The predicted octanol–water partition coefficient (Wildman–Crippen LogP) is 3.61. The first-order valence-corrected chi connectivity index (χ1v) is 8.89. The summed E-state index contributed by atoms with van der Waals surface area (Å²) in [6.07, 6.45) is 3.56. The summed E-state index contributed by atoms with van der Waals surface area (Å²) in [5.41, 5.74) is 8.01. The van der Waals surface area contributed by atoms with Gasteiger partial charge in [0.2, 0.25) is 5.95 Å². The van der Waals surface area contributed by atoms with Crippen LogP contribution in [-0.4, -0.2) is 20.2 Å². The van der Waals surface area contributed by atoms with Gasteiger partial charge in [0, 0.05) is 6.20 Å². The third kappa shape index (κ3) is 2.41. The molecule has 136 valence electrons.